The Morgan fingerprint density at radius 2 is 2.00 bits per heavy atom. The van der Waals surface area contributed by atoms with E-state index in [0.29, 0.717) is 0 Å². The molecule has 0 aromatic carbocycles. The molecule has 1 aromatic rings. The van der Waals surface area contributed by atoms with Crippen LogP contribution in [-0.4, -0.2) is 19.7 Å². The van der Waals surface area contributed by atoms with Gasteiger partial charge in [0.1, 0.15) is 15.9 Å². The molecule has 1 heterocycles. The zero-order valence-corrected chi connectivity index (χ0v) is 8.91. The summed E-state index contributed by atoms with van der Waals surface area (Å²) in [5.74, 6) is -0.181. The molecule has 0 radical (unpaired) electrons. The van der Waals surface area contributed by atoms with Crippen molar-refractivity contribution in [1.82, 2.24) is 4.98 Å². The fraction of sp³-hybridized carbons (Fsp3) is 0.167. The molecular formula is C6H6Cl2N2O2S. The van der Waals surface area contributed by atoms with E-state index in [1.807, 2.05) is 0 Å². The highest BCUT2D eigenvalue weighted by Crippen LogP contribution is 2.28. The predicted molar refractivity (Wildman–Crippen MR) is 51.8 cm³/mol. The first-order valence-electron chi connectivity index (χ1n) is 3.14. The minimum atomic E-state index is -3.46. The summed E-state index contributed by atoms with van der Waals surface area (Å²) < 4.78 is 22.3. The summed E-state index contributed by atoms with van der Waals surface area (Å²) >= 11 is 11.1. The number of nitrogen functional groups attached to an aromatic ring is 1. The fourth-order valence-electron chi connectivity index (χ4n) is 0.858. The molecule has 0 aliphatic rings. The van der Waals surface area contributed by atoms with Crippen LogP contribution in [0, 0.1) is 0 Å². The monoisotopic (exact) mass is 240 g/mol. The average molecular weight is 241 g/mol. The summed E-state index contributed by atoms with van der Waals surface area (Å²) in [6.45, 7) is 0. The molecule has 0 aliphatic carbocycles. The van der Waals surface area contributed by atoms with Crippen LogP contribution in [0.5, 0.6) is 0 Å². The van der Waals surface area contributed by atoms with Crippen molar-refractivity contribution < 1.29 is 8.42 Å². The highest BCUT2D eigenvalue weighted by Gasteiger charge is 2.17. The van der Waals surface area contributed by atoms with E-state index in [-0.39, 0.29) is 20.9 Å². The third-order valence-corrected chi connectivity index (χ3v) is 3.07. The Hall–Kier alpha value is -0.520. The minimum Gasteiger partial charge on any atom is -0.383 e. The molecule has 0 saturated carbocycles. The van der Waals surface area contributed by atoms with Gasteiger partial charge in [0.25, 0.3) is 0 Å². The molecule has 13 heavy (non-hydrogen) atoms. The molecule has 0 bridgehead atoms. The van der Waals surface area contributed by atoms with Gasteiger partial charge in [0.05, 0.1) is 5.02 Å². The Balaban J connectivity index is 3.57. The number of hydrogen-bond donors (Lipinski definition) is 1. The number of aromatic nitrogens is 1. The SMILES string of the molecule is CS(=O)(=O)c1c(Cl)cc(Cl)nc1N. The van der Waals surface area contributed by atoms with Crippen molar-refractivity contribution in [3.05, 3.63) is 16.2 Å². The van der Waals surface area contributed by atoms with Gasteiger partial charge in [-0.15, -0.1) is 0 Å². The number of nitrogens with two attached hydrogens (primary N) is 1. The second-order valence-electron chi connectivity index (χ2n) is 2.41. The van der Waals surface area contributed by atoms with Crippen LogP contribution in [0.15, 0.2) is 11.0 Å². The van der Waals surface area contributed by atoms with E-state index in [1.54, 1.807) is 0 Å². The molecule has 0 saturated heterocycles. The van der Waals surface area contributed by atoms with E-state index < -0.39 is 9.84 Å². The molecule has 0 atom stereocenters. The third-order valence-electron chi connectivity index (χ3n) is 1.29. The van der Waals surface area contributed by atoms with Crippen molar-refractivity contribution in [3.63, 3.8) is 0 Å². The van der Waals surface area contributed by atoms with E-state index in [1.165, 1.54) is 6.07 Å². The highest BCUT2D eigenvalue weighted by molar-refractivity contribution is 7.91. The van der Waals surface area contributed by atoms with E-state index >= 15 is 0 Å². The number of anilines is 1. The van der Waals surface area contributed by atoms with Crippen LogP contribution in [0.3, 0.4) is 0 Å². The predicted octanol–water partition coefficient (Wildman–Crippen LogP) is 1.37. The second kappa shape index (κ2) is 3.32. The quantitative estimate of drug-likeness (QED) is 0.753. The van der Waals surface area contributed by atoms with Crippen LogP contribution in [0.1, 0.15) is 0 Å². The molecule has 2 N–H and O–H groups in total. The summed E-state index contributed by atoms with van der Waals surface area (Å²) in [6, 6.07) is 1.23. The van der Waals surface area contributed by atoms with Gasteiger partial charge in [0.15, 0.2) is 9.84 Å². The van der Waals surface area contributed by atoms with Crippen molar-refractivity contribution in [2.45, 2.75) is 4.90 Å². The summed E-state index contributed by atoms with van der Waals surface area (Å²) in [6.07, 6.45) is 1.00. The first kappa shape index (κ1) is 10.6. The van der Waals surface area contributed by atoms with Crippen LogP contribution in [0.4, 0.5) is 5.82 Å². The number of halogens is 2. The van der Waals surface area contributed by atoms with Crippen LogP contribution in [-0.2, 0) is 9.84 Å². The van der Waals surface area contributed by atoms with Crippen molar-refractivity contribution in [3.8, 4) is 0 Å². The lowest BCUT2D eigenvalue weighted by molar-refractivity contribution is 0.602. The number of sulfone groups is 1. The van der Waals surface area contributed by atoms with Crippen molar-refractivity contribution >= 4 is 38.9 Å². The van der Waals surface area contributed by atoms with Gasteiger partial charge in [-0.25, -0.2) is 13.4 Å². The van der Waals surface area contributed by atoms with Gasteiger partial charge in [-0.2, -0.15) is 0 Å². The van der Waals surface area contributed by atoms with Crippen LogP contribution in [0.25, 0.3) is 0 Å². The Bertz CT molecular complexity index is 421. The fourth-order valence-corrected chi connectivity index (χ4v) is 2.57. The molecule has 72 valence electrons. The van der Waals surface area contributed by atoms with Crippen molar-refractivity contribution in [2.75, 3.05) is 12.0 Å². The molecule has 0 unspecified atom stereocenters. The van der Waals surface area contributed by atoms with E-state index in [2.05, 4.69) is 4.98 Å². The van der Waals surface area contributed by atoms with Crippen LogP contribution in [0.2, 0.25) is 10.2 Å². The second-order valence-corrected chi connectivity index (χ2v) is 5.16. The number of pyridine rings is 1. The average Bonchev–Trinajstić information content (AvgIpc) is 1.78. The summed E-state index contributed by atoms with van der Waals surface area (Å²) in [5, 5.41) is 0.0508. The van der Waals surface area contributed by atoms with E-state index in [9.17, 15) is 8.42 Å². The summed E-state index contributed by atoms with van der Waals surface area (Å²) in [4.78, 5) is 3.40. The van der Waals surface area contributed by atoms with Gasteiger partial charge < -0.3 is 5.73 Å². The molecule has 0 spiro atoms. The zero-order chi connectivity index (χ0) is 10.2. The topological polar surface area (TPSA) is 73.0 Å². The first-order chi connectivity index (χ1) is 5.82. The lowest BCUT2D eigenvalue weighted by Crippen LogP contribution is -2.05. The summed E-state index contributed by atoms with van der Waals surface area (Å²) in [7, 11) is -3.46. The Morgan fingerprint density at radius 3 is 2.38 bits per heavy atom. The maximum Gasteiger partial charge on any atom is 0.180 e. The zero-order valence-electron chi connectivity index (χ0n) is 6.58. The molecule has 1 aromatic heterocycles. The number of rotatable bonds is 1. The van der Waals surface area contributed by atoms with Crippen LogP contribution < -0.4 is 5.73 Å². The number of hydrogen-bond acceptors (Lipinski definition) is 4. The molecule has 0 amide bonds. The molecule has 7 heteroatoms. The Kier molecular flexibility index (Phi) is 2.70. The smallest absolute Gasteiger partial charge is 0.180 e. The maximum absolute atomic E-state index is 11.1. The normalized spacial score (nSPS) is 11.6. The van der Waals surface area contributed by atoms with Crippen LogP contribution >= 0.6 is 23.2 Å². The van der Waals surface area contributed by atoms with Gasteiger partial charge >= 0.3 is 0 Å². The standard InChI is InChI=1S/C6H6Cl2N2O2S/c1-13(11,12)5-3(7)2-4(8)10-6(5)9/h2H,1H3,(H2,9,10). The molecule has 1 rings (SSSR count). The molecule has 0 aliphatic heterocycles. The minimum absolute atomic E-state index is 0.0139. The summed E-state index contributed by atoms with van der Waals surface area (Å²) in [5.41, 5.74) is 5.35. The number of nitrogens with zero attached hydrogens (tertiary/aromatic N) is 1. The Labute approximate surface area is 85.6 Å². The van der Waals surface area contributed by atoms with Gasteiger partial charge in [-0.05, 0) is 6.07 Å². The van der Waals surface area contributed by atoms with E-state index in [0.717, 1.165) is 6.26 Å². The van der Waals surface area contributed by atoms with Gasteiger partial charge in [-0.3, -0.25) is 0 Å². The maximum atomic E-state index is 11.1. The largest absolute Gasteiger partial charge is 0.383 e. The van der Waals surface area contributed by atoms with Crippen molar-refractivity contribution in [1.29, 1.82) is 0 Å². The first-order valence-corrected chi connectivity index (χ1v) is 5.78. The lowest BCUT2D eigenvalue weighted by atomic mass is 10.4. The van der Waals surface area contributed by atoms with Crippen molar-refractivity contribution in [2.24, 2.45) is 0 Å². The van der Waals surface area contributed by atoms with Gasteiger partial charge in [0, 0.05) is 6.26 Å². The third kappa shape index (κ3) is 2.24. The van der Waals surface area contributed by atoms with Gasteiger partial charge in [-0.1, -0.05) is 23.2 Å². The van der Waals surface area contributed by atoms with Gasteiger partial charge in [0.2, 0.25) is 0 Å². The molecule has 0 fully saturated rings. The Morgan fingerprint density at radius 1 is 1.46 bits per heavy atom. The highest BCUT2D eigenvalue weighted by atomic mass is 35.5. The molecule has 4 nitrogen and oxygen atoms in total. The lowest BCUT2D eigenvalue weighted by Gasteiger charge is -2.04. The van der Waals surface area contributed by atoms with E-state index in [4.69, 9.17) is 28.9 Å². The molecular weight excluding hydrogens is 235 g/mol.